The molecule has 1 amide bonds. The average Bonchev–Trinajstić information content (AvgIpc) is 2.84. The van der Waals surface area contributed by atoms with Crippen LogP contribution in [0.3, 0.4) is 0 Å². The fourth-order valence-electron chi connectivity index (χ4n) is 2.62. The number of aromatic nitrogens is 2. The number of nitrogens with zero attached hydrogens (tertiary/aromatic N) is 5. The van der Waals surface area contributed by atoms with Crippen LogP contribution in [0.5, 0.6) is 0 Å². The second kappa shape index (κ2) is 7.02. The molecule has 1 aliphatic heterocycles. The van der Waals surface area contributed by atoms with Crippen molar-refractivity contribution >= 4 is 5.91 Å². The third kappa shape index (κ3) is 4.26. The molecule has 7 nitrogen and oxygen atoms in total. The predicted octanol–water partition coefficient (Wildman–Crippen LogP) is -0.900. The van der Waals surface area contributed by atoms with Crippen molar-refractivity contribution in [1.29, 1.82) is 0 Å². The molecule has 118 valence electrons. The van der Waals surface area contributed by atoms with E-state index in [1.165, 1.54) is 0 Å². The first kappa shape index (κ1) is 15.9. The van der Waals surface area contributed by atoms with Crippen LogP contribution < -0.4 is 0 Å². The van der Waals surface area contributed by atoms with Crippen molar-refractivity contribution in [2.45, 2.75) is 6.10 Å². The lowest BCUT2D eigenvalue weighted by Crippen LogP contribution is -2.51. The van der Waals surface area contributed by atoms with E-state index in [0.717, 1.165) is 13.1 Å². The van der Waals surface area contributed by atoms with E-state index in [1.54, 1.807) is 17.0 Å². The summed E-state index contributed by atoms with van der Waals surface area (Å²) in [6.07, 6.45) is 3.07. The number of aliphatic hydroxyl groups excluding tert-OH is 1. The molecule has 0 saturated carbocycles. The lowest BCUT2D eigenvalue weighted by atomic mass is 10.2. The average molecular weight is 295 g/mol. The molecular weight excluding hydrogens is 270 g/mol. The van der Waals surface area contributed by atoms with Gasteiger partial charge in [0.05, 0.1) is 6.10 Å². The van der Waals surface area contributed by atoms with Crippen molar-refractivity contribution in [3.05, 3.63) is 18.2 Å². The first-order valence-corrected chi connectivity index (χ1v) is 7.29. The van der Waals surface area contributed by atoms with E-state index >= 15 is 0 Å². The van der Waals surface area contributed by atoms with Gasteiger partial charge in [-0.2, -0.15) is 0 Å². The van der Waals surface area contributed by atoms with Crippen LogP contribution in [-0.4, -0.2) is 94.7 Å². The van der Waals surface area contributed by atoms with Gasteiger partial charge in [-0.1, -0.05) is 0 Å². The number of amides is 1. The summed E-state index contributed by atoms with van der Waals surface area (Å²) in [6.45, 7) is 4.26. The summed E-state index contributed by atoms with van der Waals surface area (Å²) in [6, 6.07) is 0. The zero-order valence-corrected chi connectivity index (χ0v) is 13.1. The zero-order valence-electron chi connectivity index (χ0n) is 13.1. The highest BCUT2D eigenvalue weighted by atomic mass is 16.3. The second-order valence-electron chi connectivity index (χ2n) is 5.87. The molecule has 21 heavy (non-hydrogen) atoms. The molecule has 0 aromatic carbocycles. The monoisotopic (exact) mass is 295 g/mol. The van der Waals surface area contributed by atoms with Crippen LogP contribution in [0.2, 0.25) is 0 Å². The van der Waals surface area contributed by atoms with E-state index < -0.39 is 0 Å². The highest BCUT2D eigenvalue weighted by Crippen LogP contribution is 2.07. The minimum absolute atomic E-state index is 0.0176. The molecule has 1 saturated heterocycles. The number of carbonyl (C=O) groups is 1. The lowest BCUT2D eigenvalue weighted by molar-refractivity contribution is 0.0469. The maximum Gasteiger partial charge on any atom is 0.289 e. The third-order valence-electron chi connectivity index (χ3n) is 3.72. The molecule has 0 spiro atoms. The smallest absolute Gasteiger partial charge is 0.289 e. The predicted molar refractivity (Wildman–Crippen MR) is 80.1 cm³/mol. The van der Waals surface area contributed by atoms with E-state index in [0.29, 0.717) is 32.0 Å². The fraction of sp³-hybridized carbons (Fsp3) is 0.714. The standard InChI is InChI=1S/C14H25N5O2/c1-16(2)10-12(20)11-18-6-8-19(9-7-18)14(21)13-15-4-5-17(13)3/h4-5,12,20H,6-11H2,1-3H3/t12-/m1/s1. The molecule has 1 aliphatic rings. The molecule has 0 aliphatic carbocycles. The van der Waals surface area contributed by atoms with E-state index in [4.69, 9.17) is 0 Å². The molecule has 1 aromatic heterocycles. The highest BCUT2D eigenvalue weighted by Gasteiger charge is 2.25. The normalized spacial score (nSPS) is 18.2. The van der Waals surface area contributed by atoms with Gasteiger partial charge in [0.25, 0.3) is 5.91 Å². The molecule has 1 aromatic rings. The summed E-state index contributed by atoms with van der Waals surface area (Å²) in [4.78, 5) is 22.4. The van der Waals surface area contributed by atoms with Gasteiger partial charge < -0.3 is 19.5 Å². The Labute approximate surface area is 125 Å². The van der Waals surface area contributed by atoms with Gasteiger partial charge in [0.2, 0.25) is 0 Å². The number of hydrogen-bond donors (Lipinski definition) is 1. The van der Waals surface area contributed by atoms with Crippen molar-refractivity contribution < 1.29 is 9.90 Å². The highest BCUT2D eigenvalue weighted by molar-refractivity contribution is 5.90. The quantitative estimate of drug-likeness (QED) is 0.763. The molecule has 7 heteroatoms. The summed E-state index contributed by atoms with van der Waals surface area (Å²) >= 11 is 0. The number of carbonyl (C=O) groups excluding carboxylic acids is 1. The number of aliphatic hydroxyl groups is 1. The van der Waals surface area contributed by atoms with Crippen LogP contribution >= 0.6 is 0 Å². The van der Waals surface area contributed by atoms with Crippen molar-refractivity contribution in [1.82, 2.24) is 24.3 Å². The van der Waals surface area contributed by atoms with Crippen LogP contribution in [0.15, 0.2) is 12.4 Å². The summed E-state index contributed by atoms with van der Waals surface area (Å²) in [5.41, 5.74) is 0. The molecule has 0 radical (unpaired) electrons. The zero-order chi connectivity index (χ0) is 15.4. The third-order valence-corrected chi connectivity index (χ3v) is 3.72. The van der Waals surface area contributed by atoms with Gasteiger partial charge in [0.1, 0.15) is 0 Å². The molecule has 1 fully saturated rings. The van der Waals surface area contributed by atoms with Gasteiger partial charge in [-0.3, -0.25) is 9.69 Å². The first-order valence-electron chi connectivity index (χ1n) is 7.29. The number of likely N-dealkylation sites (N-methyl/N-ethyl adjacent to an activating group) is 1. The summed E-state index contributed by atoms with van der Waals surface area (Å²) in [7, 11) is 5.73. The van der Waals surface area contributed by atoms with Crippen LogP contribution in [-0.2, 0) is 7.05 Å². The molecule has 1 N–H and O–H groups in total. The first-order chi connectivity index (χ1) is 9.97. The van der Waals surface area contributed by atoms with Crippen molar-refractivity contribution in [3.8, 4) is 0 Å². The van der Waals surface area contributed by atoms with Crippen LogP contribution in [0.4, 0.5) is 0 Å². The Hall–Kier alpha value is -1.44. The lowest BCUT2D eigenvalue weighted by Gasteiger charge is -2.35. The van der Waals surface area contributed by atoms with E-state index in [-0.39, 0.29) is 12.0 Å². The Morgan fingerprint density at radius 1 is 1.38 bits per heavy atom. The van der Waals surface area contributed by atoms with Gasteiger partial charge in [-0.05, 0) is 14.1 Å². The second-order valence-corrected chi connectivity index (χ2v) is 5.87. The minimum atomic E-state index is -0.350. The summed E-state index contributed by atoms with van der Waals surface area (Å²) in [5, 5.41) is 9.96. The molecular formula is C14H25N5O2. The van der Waals surface area contributed by atoms with Gasteiger partial charge in [0.15, 0.2) is 5.82 Å². The SMILES string of the molecule is CN(C)C[C@@H](O)CN1CCN(C(=O)c2nccn2C)CC1. The maximum absolute atomic E-state index is 12.3. The molecule has 2 rings (SSSR count). The Morgan fingerprint density at radius 2 is 2.05 bits per heavy atom. The van der Waals surface area contributed by atoms with E-state index in [9.17, 15) is 9.90 Å². The number of β-amino-alcohol motifs (C(OH)–C–C–N with tert-alkyl or cyclic N) is 1. The maximum atomic E-state index is 12.3. The fourth-order valence-corrected chi connectivity index (χ4v) is 2.62. The number of imidazole rings is 1. The molecule has 2 heterocycles. The summed E-state index contributed by atoms with van der Waals surface area (Å²) in [5.74, 6) is 0.465. The van der Waals surface area contributed by atoms with Crippen molar-refractivity contribution in [2.24, 2.45) is 7.05 Å². The molecule has 1 atom stereocenters. The van der Waals surface area contributed by atoms with Gasteiger partial charge in [-0.25, -0.2) is 4.98 Å². The van der Waals surface area contributed by atoms with Gasteiger partial charge in [0, 0.05) is 58.7 Å². The Morgan fingerprint density at radius 3 is 2.57 bits per heavy atom. The number of hydrogen-bond acceptors (Lipinski definition) is 5. The Bertz CT molecular complexity index is 466. The Balaban J connectivity index is 1.81. The van der Waals surface area contributed by atoms with Crippen LogP contribution in [0, 0.1) is 0 Å². The molecule has 0 unspecified atom stereocenters. The largest absolute Gasteiger partial charge is 0.390 e. The molecule has 0 bridgehead atoms. The van der Waals surface area contributed by atoms with Gasteiger partial charge in [-0.15, -0.1) is 0 Å². The van der Waals surface area contributed by atoms with E-state index in [2.05, 4.69) is 9.88 Å². The number of aryl methyl sites for hydroxylation is 1. The summed E-state index contributed by atoms with van der Waals surface area (Å²) < 4.78 is 1.75. The van der Waals surface area contributed by atoms with Crippen molar-refractivity contribution in [3.63, 3.8) is 0 Å². The van der Waals surface area contributed by atoms with E-state index in [1.807, 2.05) is 30.9 Å². The van der Waals surface area contributed by atoms with Crippen LogP contribution in [0.25, 0.3) is 0 Å². The van der Waals surface area contributed by atoms with Crippen LogP contribution in [0.1, 0.15) is 10.6 Å². The minimum Gasteiger partial charge on any atom is -0.390 e. The number of piperazine rings is 1. The number of rotatable bonds is 5. The topological polar surface area (TPSA) is 64.8 Å². The Kier molecular flexibility index (Phi) is 5.33. The van der Waals surface area contributed by atoms with Gasteiger partial charge >= 0.3 is 0 Å². The van der Waals surface area contributed by atoms with Crippen molar-refractivity contribution in [2.75, 3.05) is 53.4 Å².